The van der Waals surface area contributed by atoms with E-state index >= 15 is 0 Å². The molecule has 0 aliphatic heterocycles. The Labute approximate surface area is 195 Å². The van der Waals surface area contributed by atoms with Gasteiger partial charge in [-0.3, -0.25) is 19.2 Å². The predicted octanol–water partition coefficient (Wildman–Crippen LogP) is 3.98. The number of rotatable bonds is 5. The highest BCUT2D eigenvalue weighted by Crippen LogP contribution is 2.46. The summed E-state index contributed by atoms with van der Waals surface area (Å²) in [7, 11) is 0. The van der Waals surface area contributed by atoms with E-state index in [1.807, 2.05) is 0 Å². The fraction of sp³-hybridized carbons (Fsp3) is 0.231. The lowest BCUT2D eigenvalue weighted by atomic mass is 9.80. The number of aromatic hydroxyl groups is 2. The molecule has 4 rings (SSSR count). The number of aryl methyl sites for hydroxylation is 2. The minimum atomic E-state index is -0.666. The van der Waals surface area contributed by atoms with E-state index < -0.39 is 34.6 Å². The lowest BCUT2D eigenvalue weighted by molar-refractivity contribution is 0.0889. The number of Topliss-reactive ketones (excluding diaryl/α,β-unsaturated/α-hetero) is 2. The van der Waals surface area contributed by atoms with E-state index in [9.17, 15) is 29.4 Å². The number of carbonyl (C=O) groups excluding carboxylic acids is 4. The molecule has 2 aromatic carbocycles. The van der Waals surface area contributed by atoms with Crippen molar-refractivity contribution >= 4 is 23.1 Å². The number of ketones is 4. The Hall–Kier alpha value is -4.20. The van der Waals surface area contributed by atoms with Crippen molar-refractivity contribution < 1.29 is 38.9 Å². The van der Waals surface area contributed by atoms with Crippen LogP contribution in [0, 0.1) is 13.8 Å². The van der Waals surface area contributed by atoms with Crippen LogP contribution in [0.4, 0.5) is 0 Å². The number of hydrogen-bond donors (Lipinski definition) is 2. The van der Waals surface area contributed by atoms with E-state index in [1.165, 1.54) is 12.1 Å². The van der Waals surface area contributed by atoms with Gasteiger partial charge in [0.2, 0.25) is 11.6 Å². The van der Waals surface area contributed by atoms with Crippen molar-refractivity contribution in [1.29, 1.82) is 0 Å². The first-order valence-electron chi connectivity index (χ1n) is 10.7. The first kappa shape index (κ1) is 23.0. The monoisotopic (exact) mass is 462 g/mol. The van der Waals surface area contributed by atoms with Gasteiger partial charge in [0.05, 0.1) is 24.3 Å². The molecule has 0 saturated heterocycles. The molecule has 174 valence electrons. The molecular formula is C26H22O8. The third-order valence-electron chi connectivity index (χ3n) is 5.79. The van der Waals surface area contributed by atoms with Crippen LogP contribution in [-0.4, -0.2) is 46.6 Å². The highest BCUT2D eigenvalue weighted by atomic mass is 16.5. The van der Waals surface area contributed by atoms with Crippen molar-refractivity contribution in [2.24, 2.45) is 0 Å². The van der Waals surface area contributed by atoms with Gasteiger partial charge in [-0.1, -0.05) is 0 Å². The van der Waals surface area contributed by atoms with Crippen LogP contribution in [0.2, 0.25) is 0 Å². The molecule has 0 atom stereocenters. The molecule has 2 aliphatic carbocycles. The van der Waals surface area contributed by atoms with Crippen LogP contribution < -0.4 is 0 Å². The molecule has 2 aromatic rings. The van der Waals surface area contributed by atoms with Gasteiger partial charge in [-0.05, 0) is 51.0 Å². The largest absolute Gasteiger partial charge is 0.507 e. The Balaban J connectivity index is 2.02. The van der Waals surface area contributed by atoms with Crippen molar-refractivity contribution in [2.75, 3.05) is 13.2 Å². The molecule has 2 N–H and O–H groups in total. The summed E-state index contributed by atoms with van der Waals surface area (Å²) < 4.78 is 10.5. The minimum Gasteiger partial charge on any atom is -0.507 e. The predicted molar refractivity (Wildman–Crippen MR) is 121 cm³/mol. The summed E-state index contributed by atoms with van der Waals surface area (Å²) in [5.41, 5.74) is 0.525. The highest BCUT2D eigenvalue weighted by Gasteiger charge is 2.37. The van der Waals surface area contributed by atoms with Crippen LogP contribution in [0.15, 0.2) is 35.8 Å². The maximum Gasteiger partial charge on any atom is 0.232 e. The molecule has 8 nitrogen and oxygen atoms in total. The number of hydrogen-bond acceptors (Lipinski definition) is 8. The average molecular weight is 462 g/mol. The number of benzene rings is 2. The molecule has 0 amide bonds. The molecular weight excluding hydrogens is 440 g/mol. The molecule has 8 heteroatoms. The molecule has 0 radical (unpaired) electrons. The zero-order valence-corrected chi connectivity index (χ0v) is 19.1. The van der Waals surface area contributed by atoms with Crippen molar-refractivity contribution in [3.63, 3.8) is 0 Å². The number of fused-ring (bicyclic) bond motifs is 2. The fourth-order valence-electron chi connectivity index (χ4n) is 4.44. The normalized spacial score (nSPS) is 14.9. The second-order valence-electron chi connectivity index (χ2n) is 7.95. The van der Waals surface area contributed by atoms with Gasteiger partial charge in [0.1, 0.15) is 11.5 Å². The quantitative estimate of drug-likeness (QED) is 0.683. The van der Waals surface area contributed by atoms with Crippen molar-refractivity contribution in [2.45, 2.75) is 27.7 Å². The molecule has 34 heavy (non-hydrogen) atoms. The van der Waals surface area contributed by atoms with Gasteiger partial charge in [0, 0.05) is 34.4 Å². The summed E-state index contributed by atoms with van der Waals surface area (Å²) in [5.74, 6) is -3.61. The Morgan fingerprint density at radius 2 is 1.21 bits per heavy atom. The van der Waals surface area contributed by atoms with Crippen molar-refractivity contribution in [1.82, 2.24) is 0 Å². The summed E-state index contributed by atoms with van der Waals surface area (Å²) in [6.45, 7) is 6.90. The molecule has 0 unspecified atom stereocenters. The van der Waals surface area contributed by atoms with E-state index in [4.69, 9.17) is 9.47 Å². The van der Waals surface area contributed by atoms with Gasteiger partial charge in [-0.25, -0.2) is 0 Å². The second kappa shape index (κ2) is 8.30. The maximum atomic E-state index is 13.1. The number of allylic oxidation sites excluding steroid dienone is 4. The molecule has 0 spiro atoms. The smallest absolute Gasteiger partial charge is 0.232 e. The summed E-state index contributed by atoms with van der Waals surface area (Å²) >= 11 is 0. The molecule has 0 fully saturated rings. The zero-order chi connectivity index (χ0) is 24.9. The highest BCUT2D eigenvalue weighted by molar-refractivity contribution is 6.29. The van der Waals surface area contributed by atoms with Crippen LogP contribution in [0.3, 0.4) is 0 Å². The van der Waals surface area contributed by atoms with Gasteiger partial charge in [0.15, 0.2) is 23.1 Å². The van der Waals surface area contributed by atoms with Crippen LogP contribution in [0.5, 0.6) is 11.5 Å². The van der Waals surface area contributed by atoms with Gasteiger partial charge in [0.25, 0.3) is 0 Å². The molecule has 0 saturated carbocycles. The summed E-state index contributed by atoms with van der Waals surface area (Å²) in [4.78, 5) is 51.8. The van der Waals surface area contributed by atoms with Gasteiger partial charge < -0.3 is 19.7 Å². The summed E-state index contributed by atoms with van der Waals surface area (Å²) in [6.07, 6.45) is 2.07. The van der Waals surface area contributed by atoms with Crippen LogP contribution in [0.1, 0.15) is 66.4 Å². The molecule has 0 aromatic heterocycles. The van der Waals surface area contributed by atoms with E-state index in [-0.39, 0.29) is 58.1 Å². The average Bonchev–Trinajstić information content (AvgIpc) is 2.76. The number of ether oxygens (including phenoxy) is 2. The van der Waals surface area contributed by atoms with Crippen LogP contribution in [0.25, 0.3) is 11.1 Å². The standard InChI is InChI=1S/C26H22O8/c1-5-33-17-9-15(28)21-13(24(17)30)7-11(3)20(26(21)32)19-12(4)8-14(27)23-22(19)16(29)10-18(25(23)31)34-6-2/h7-10,27,32H,5-6H2,1-4H3. The summed E-state index contributed by atoms with van der Waals surface area (Å²) in [5, 5.41) is 21.7. The Morgan fingerprint density at radius 1 is 0.676 bits per heavy atom. The lowest BCUT2D eigenvalue weighted by Gasteiger charge is -2.24. The van der Waals surface area contributed by atoms with Gasteiger partial charge >= 0.3 is 0 Å². The third kappa shape index (κ3) is 3.30. The fourth-order valence-corrected chi connectivity index (χ4v) is 4.44. The SMILES string of the molecule is CCOC1=CC(=O)c2c(cc(C)c(-c3c(C)cc(O)c4c3C(=O)C=C(OCC)C4=O)c2O)C1=O. The van der Waals surface area contributed by atoms with Crippen molar-refractivity contribution in [3.05, 3.63) is 69.2 Å². The van der Waals surface area contributed by atoms with Gasteiger partial charge in [-0.15, -0.1) is 0 Å². The lowest BCUT2D eigenvalue weighted by Crippen LogP contribution is -2.22. The Kier molecular flexibility index (Phi) is 5.61. The van der Waals surface area contributed by atoms with E-state index in [0.29, 0.717) is 11.1 Å². The zero-order valence-electron chi connectivity index (χ0n) is 19.1. The molecule has 0 heterocycles. The van der Waals surface area contributed by atoms with E-state index in [2.05, 4.69) is 0 Å². The number of phenols is 2. The minimum absolute atomic E-state index is 0.0130. The maximum absolute atomic E-state index is 13.1. The number of carbonyl (C=O) groups is 4. The second-order valence-corrected chi connectivity index (χ2v) is 7.95. The summed E-state index contributed by atoms with van der Waals surface area (Å²) in [6, 6.07) is 2.76. The van der Waals surface area contributed by atoms with E-state index in [0.717, 1.165) is 12.2 Å². The first-order chi connectivity index (χ1) is 16.1. The van der Waals surface area contributed by atoms with Crippen molar-refractivity contribution in [3.8, 4) is 22.6 Å². The van der Waals surface area contributed by atoms with Crippen LogP contribution >= 0.6 is 0 Å². The molecule has 2 aliphatic rings. The third-order valence-corrected chi connectivity index (χ3v) is 5.79. The first-order valence-corrected chi connectivity index (χ1v) is 10.7. The number of phenolic OH excluding ortho intramolecular Hbond substituents is 2. The van der Waals surface area contributed by atoms with E-state index in [1.54, 1.807) is 27.7 Å². The molecule has 0 bridgehead atoms. The topological polar surface area (TPSA) is 127 Å². The Morgan fingerprint density at radius 3 is 1.79 bits per heavy atom. The van der Waals surface area contributed by atoms with Gasteiger partial charge in [-0.2, -0.15) is 0 Å². The Bertz CT molecular complexity index is 1370. The van der Waals surface area contributed by atoms with Crippen LogP contribution in [-0.2, 0) is 9.47 Å².